The van der Waals surface area contributed by atoms with Crippen molar-refractivity contribution < 1.29 is 9.53 Å². The molecule has 2 N–H and O–H groups in total. The number of urea groups is 1. The first kappa shape index (κ1) is 16.1. The molecular formula is C16H18ClN3O2S. The van der Waals surface area contributed by atoms with E-state index in [2.05, 4.69) is 15.6 Å². The predicted molar refractivity (Wildman–Crippen MR) is 92.7 cm³/mol. The Balaban J connectivity index is 1.39. The van der Waals surface area contributed by atoms with Crippen LogP contribution in [0.1, 0.15) is 23.4 Å². The van der Waals surface area contributed by atoms with Crippen LogP contribution in [0.5, 0.6) is 5.75 Å². The molecule has 0 bridgehead atoms. The van der Waals surface area contributed by atoms with Gasteiger partial charge >= 0.3 is 6.03 Å². The molecule has 0 fully saturated rings. The molecule has 2 amide bonds. The summed E-state index contributed by atoms with van der Waals surface area (Å²) in [7, 11) is 0. The number of hydrogen-bond donors (Lipinski definition) is 2. The summed E-state index contributed by atoms with van der Waals surface area (Å²) in [5.74, 6) is 0.726. The Bertz CT molecular complexity index is 649. The zero-order valence-electron chi connectivity index (χ0n) is 12.6. The fourth-order valence-corrected chi connectivity index (χ4v) is 3.58. The van der Waals surface area contributed by atoms with E-state index < -0.39 is 0 Å². The third-order valence-electron chi connectivity index (χ3n) is 3.54. The van der Waals surface area contributed by atoms with Gasteiger partial charge in [-0.3, -0.25) is 5.32 Å². The van der Waals surface area contributed by atoms with Gasteiger partial charge in [0.25, 0.3) is 0 Å². The zero-order valence-corrected chi connectivity index (χ0v) is 14.2. The smallest absolute Gasteiger partial charge is 0.321 e. The van der Waals surface area contributed by atoms with Crippen molar-refractivity contribution in [1.82, 2.24) is 10.3 Å². The van der Waals surface area contributed by atoms with Crippen LogP contribution in [0.4, 0.5) is 9.93 Å². The zero-order chi connectivity index (χ0) is 16.1. The highest BCUT2D eigenvalue weighted by Crippen LogP contribution is 2.29. The molecule has 1 aliphatic carbocycles. The maximum absolute atomic E-state index is 11.9. The first-order valence-corrected chi connectivity index (χ1v) is 8.82. The van der Waals surface area contributed by atoms with Crippen LogP contribution in [-0.4, -0.2) is 24.2 Å². The highest BCUT2D eigenvalue weighted by Gasteiger charge is 2.16. The number of halogens is 1. The topological polar surface area (TPSA) is 63.2 Å². The number of thiazole rings is 1. The van der Waals surface area contributed by atoms with E-state index in [0.29, 0.717) is 23.3 Å². The normalized spacial score (nSPS) is 13.3. The third kappa shape index (κ3) is 4.59. The quantitative estimate of drug-likeness (QED) is 0.803. The van der Waals surface area contributed by atoms with Crippen LogP contribution in [0.2, 0.25) is 5.02 Å². The molecule has 1 heterocycles. The Morgan fingerprint density at radius 3 is 2.83 bits per heavy atom. The third-order valence-corrected chi connectivity index (χ3v) is 4.86. The Kier molecular flexibility index (Phi) is 5.35. The number of ether oxygens (including phenoxy) is 1. The minimum Gasteiger partial charge on any atom is -0.492 e. The Morgan fingerprint density at radius 2 is 2.04 bits per heavy atom. The van der Waals surface area contributed by atoms with E-state index in [1.54, 1.807) is 35.6 Å². The van der Waals surface area contributed by atoms with Gasteiger partial charge in [0.1, 0.15) is 12.4 Å². The van der Waals surface area contributed by atoms with Gasteiger partial charge in [-0.15, -0.1) is 11.3 Å². The number of amides is 2. The van der Waals surface area contributed by atoms with E-state index in [-0.39, 0.29) is 6.03 Å². The van der Waals surface area contributed by atoms with E-state index in [9.17, 15) is 4.79 Å². The second-order valence-corrected chi connectivity index (χ2v) is 6.80. The summed E-state index contributed by atoms with van der Waals surface area (Å²) in [4.78, 5) is 17.6. The van der Waals surface area contributed by atoms with Gasteiger partial charge in [0.2, 0.25) is 0 Å². The highest BCUT2D eigenvalue weighted by atomic mass is 35.5. The lowest BCUT2D eigenvalue weighted by molar-refractivity contribution is 0.247. The number of carbonyl (C=O) groups excluding carboxylic acids is 1. The van der Waals surface area contributed by atoms with Gasteiger partial charge in [-0.2, -0.15) is 0 Å². The number of aromatic nitrogens is 1. The molecule has 0 aliphatic heterocycles. The number of rotatable bonds is 5. The molecule has 23 heavy (non-hydrogen) atoms. The van der Waals surface area contributed by atoms with E-state index in [0.717, 1.165) is 24.3 Å². The van der Waals surface area contributed by atoms with Crippen LogP contribution < -0.4 is 15.4 Å². The standard InChI is InChI=1S/C16H18ClN3O2S/c17-11-5-7-12(8-6-11)22-10-9-18-15(21)20-16-19-13-3-1-2-4-14(13)23-16/h5-8H,1-4,9-10H2,(H2,18,19,20,21). The maximum atomic E-state index is 11.9. The van der Waals surface area contributed by atoms with Crippen LogP contribution in [0.25, 0.3) is 0 Å². The van der Waals surface area contributed by atoms with Crippen LogP contribution in [-0.2, 0) is 12.8 Å². The van der Waals surface area contributed by atoms with Gasteiger partial charge in [0.05, 0.1) is 12.2 Å². The monoisotopic (exact) mass is 351 g/mol. The Labute approximate surface area is 144 Å². The van der Waals surface area contributed by atoms with Crippen molar-refractivity contribution >= 4 is 34.1 Å². The molecule has 5 nitrogen and oxygen atoms in total. The molecule has 0 saturated heterocycles. The fourth-order valence-electron chi connectivity index (χ4n) is 2.41. The average molecular weight is 352 g/mol. The molecule has 0 unspecified atom stereocenters. The fraction of sp³-hybridized carbons (Fsp3) is 0.375. The maximum Gasteiger partial charge on any atom is 0.321 e. The molecular weight excluding hydrogens is 334 g/mol. The predicted octanol–water partition coefficient (Wildman–Crippen LogP) is 3.88. The first-order chi connectivity index (χ1) is 11.2. The molecule has 1 aromatic heterocycles. The summed E-state index contributed by atoms with van der Waals surface area (Å²) in [6.07, 6.45) is 4.49. The Morgan fingerprint density at radius 1 is 1.26 bits per heavy atom. The van der Waals surface area contributed by atoms with Gasteiger partial charge in [-0.05, 0) is 49.9 Å². The summed E-state index contributed by atoms with van der Waals surface area (Å²) in [5.41, 5.74) is 1.14. The summed E-state index contributed by atoms with van der Waals surface area (Å²) in [6.45, 7) is 0.809. The molecule has 0 atom stereocenters. The lowest BCUT2D eigenvalue weighted by Gasteiger charge is -2.07. The van der Waals surface area contributed by atoms with Crippen LogP contribution in [0.3, 0.4) is 0 Å². The second-order valence-electron chi connectivity index (χ2n) is 5.28. The molecule has 1 aromatic carbocycles. The van der Waals surface area contributed by atoms with Crippen LogP contribution in [0.15, 0.2) is 24.3 Å². The van der Waals surface area contributed by atoms with E-state index in [4.69, 9.17) is 16.3 Å². The van der Waals surface area contributed by atoms with Crippen molar-refractivity contribution in [3.63, 3.8) is 0 Å². The largest absolute Gasteiger partial charge is 0.492 e. The number of nitrogens with zero attached hydrogens (tertiary/aromatic N) is 1. The van der Waals surface area contributed by atoms with Gasteiger partial charge in [-0.1, -0.05) is 11.6 Å². The second kappa shape index (κ2) is 7.66. The molecule has 2 aromatic rings. The Hall–Kier alpha value is -1.79. The van der Waals surface area contributed by atoms with E-state index in [1.165, 1.54) is 17.7 Å². The minimum absolute atomic E-state index is 0.254. The molecule has 122 valence electrons. The number of hydrogen-bond acceptors (Lipinski definition) is 4. The molecule has 7 heteroatoms. The van der Waals surface area contributed by atoms with Crippen molar-refractivity contribution in [3.8, 4) is 5.75 Å². The van der Waals surface area contributed by atoms with Gasteiger partial charge in [0.15, 0.2) is 5.13 Å². The molecule has 0 radical (unpaired) electrons. The van der Waals surface area contributed by atoms with Gasteiger partial charge in [0, 0.05) is 9.90 Å². The van der Waals surface area contributed by atoms with Crippen LogP contribution in [0, 0.1) is 0 Å². The summed E-state index contributed by atoms with van der Waals surface area (Å²) in [6, 6.07) is 6.86. The van der Waals surface area contributed by atoms with E-state index in [1.807, 2.05) is 0 Å². The average Bonchev–Trinajstić information content (AvgIpc) is 2.95. The van der Waals surface area contributed by atoms with Crippen molar-refractivity contribution in [3.05, 3.63) is 39.9 Å². The van der Waals surface area contributed by atoms with Crippen molar-refractivity contribution in [2.45, 2.75) is 25.7 Å². The van der Waals surface area contributed by atoms with Gasteiger partial charge < -0.3 is 10.1 Å². The van der Waals surface area contributed by atoms with Crippen molar-refractivity contribution in [2.75, 3.05) is 18.5 Å². The highest BCUT2D eigenvalue weighted by molar-refractivity contribution is 7.15. The number of benzene rings is 1. The number of carbonyl (C=O) groups is 1. The van der Waals surface area contributed by atoms with E-state index >= 15 is 0 Å². The summed E-state index contributed by atoms with van der Waals surface area (Å²) in [5, 5.41) is 6.89. The molecule has 3 rings (SSSR count). The lowest BCUT2D eigenvalue weighted by atomic mass is 10.0. The number of nitrogens with one attached hydrogen (secondary N) is 2. The summed E-state index contributed by atoms with van der Waals surface area (Å²) >= 11 is 7.38. The van der Waals surface area contributed by atoms with Crippen molar-refractivity contribution in [2.24, 2.45) is 0 Å². The molecule has 1 aliphatic rings. The van der Waals surface area contributed by atoms with Crippen molar-refractivity contribution in [1.29, 1.82) is 0 Å². The minimum atomic E-state index is -0.254. The molecule has 0 saturated carbocycles. The number of aryl methyl sites for hydroxylation is 2. The van der Waals surface area contributed by atoms with Crippen LogP contribution >= 0.6 is 22.9 Å². The van der Waals surface area contributed by atoms with Gasteiger partial charge in [-0.25, -0.2) is 9.78 Å². The lowest BCUT2D eigenvalue weighted by Crippen LogP contribution is -2.32. The molecule has 0 spiro atoms. The number of fused-ring (bicyclic) bond motifs is 1. The first-order valence-electron chi connectivity index (χ1n) is 7.62. The SMILES string of the molecule is O=C(NCCOc1ccc(Cl)cc1)Nc1nc2c(s1)CCCC2. The number of anilines is 1. The summed E-state index contributed by atoms with van der Waals surface area (Å²) < 4.78 is 5.51.